The van der Waals surface area contributed by atoms with Crippen LogP contribution in [0, 0.1) is 23.1 Å². The Morgan fingerprint density at radius 3 is 2.62 bits per heavy atom. The molecule has 4 heteroatoms. The summed E-state index contributed by atoms with van der Waals surface area (Å²) in [7, 11) is 0. The molecule has 0 saturated heterocycles. The molecule has 0 heterocycles. The second-order valence-electron chi connectivity index (χ2n) is 5.73. The Balaban J connectivity index is 2.11. The summed E-state index contributed by atoms with van der Waals surface area (Å²) in [6, 6.07) is 6.41. The maximum atomic E-state index is 14.0. The van der Waals surface area contributed by atoms with Gasteiger partial charge in [0.1, 0.15) is 11.7 Å². The van der Waals surface area contributed by atoms with Gasteiger partial charge in [0.25, 0.3) is 0 Å². The predicted molar refractivity (Wildman–Crippen MR) is 80.6 cm³/mol. The topological polar surface area (TPSA) is 40.9 Å². The van der Waals surface area contributed by atoms with Crippen molar-refractivity contribution in [2.75, 3.05) is 0 Å². The van der Waals surface area contributed by atoms with Crippen molar-refractivity contribution in [1.29, 1.82) is 5.26 Å². The van der Waals surface area contributed by atoms with Crippen LogP contribution in [0.25, 0.3) is 0 Å². The number of rotatable bonds is 4. The second-order valence-corrected chi connectivity index (χ2v) is 6.14. The number of hydrogen-bond acceptors (Lipinski definition) is 2. The van der Waals surface area contributed by atoms with Crippen LogP contribution < -0.4 is 0 Å². The van der Waals surface area contributed by atoms with Crippen molar-refractivity contribution in [3.63, 3.8) is 0 Å². The molecule has 0 spiro atoms. The van der Waals surface area contributed by atoms with Crippen molar-refractivity contribution in [2.45, 2.75) is 50.9 Å². The molecule has 0 bridgehead atoms. The molecule has 0 radical (unpaired) electrons. The number of nitrogens with zero attached hydrogens (tertiary/aromatic N) is 1. The van der Waals surface area contributed by atoms with E-state index in [0.717, 1.165) is 25.7 Å². The molecule has 2 nitrogen and oxygen atoms in total. The molecule has 2 rings (SSSR count). The lowest BCUT2D eigenvalue weighted by Crippen LogP contribution is -2.16. The fourth-order valence-electron chi connectivity index (χ4n) is 3.03. The first kappa shape index (κ1) is 16.0. The van der Waals surface area contributed by atoms with E-state index >= 15 is 0 Å². The van der Waals surface area contributed by atoms with Gasteiger partial charge < -0.3 is 0 Å². The van der Waals surface area contributed by atoms with Crippen LogP contribution in [0.15, 0.2) is 18.2 Å². The number of halogens is 2. The Bertz CT molecular complexity index is 544. The quantitative estimate of drug-likeness (QED) is 0.733. The Morgan fingerprint density at radius 1 is 1.33 bits per heavy atom. The lowest BCUT2D eigenvalue weighted by Gasteiger charge is -2.16. The highest BCUT2D eigenvalue weighted by molar-refractivity contribution is 6.30. The van der Waals surface area contributed by atoms with Gasteiger partial charge >= 0.3 is 0 Å². The van der Waals surface area contributed by atoms with Gasteiger partial charge in [0.15, 0.2) is 5.78 Å². The standard InChI is InChI=1S/C17H19ClFNO/c18-15-9-5-8-13(17(15)19)14(11-20)16(21)10-12-6-3-1-2-4-7-12/h5,8-9,12,14H,1-4,6-7,10H2. The van der Waals surface area contributed by atoms with Crippen molar-refractivity contribution in [3.05, 3.63) is 34.6 Å². The third-order valence-corrected chi connectivity index (χ3v) is 4.50. The summed E-state index contributed by atoms with van der Waals surface area (Å²) in [5.41, 5.74) is 0.101. The first-order valence-electron chi connectivity index (χ1n) is 7.49. The molecule has 0 N–H and O–H groups in total. The highest BCUT2D eigenvalue weighted by Gasteiger charge is 2.27. The van der Waals surface area contributed by atoms with Crippen molar-refractivity contribution < 1.29 is 9.18 Å². The van der Waals surface area contributed by atoms with E-state index in [-0.39, 0.29) is 16.4 Å². The number of nitriles is 1. The number of ketones is 1. The molecule has 1 unspecified atom stereocenters. The summed E-state index contributed by atoms with van der Waals surface area (Å²) in [6.07, 6.45) is 7.14. The first-order chi connectivity index (χ1) is 10.1. The van der Waals surface area contributed by atoms with Crippen molar-refractivity contribution >= 4 is 17.4 Å². The largest absolute Gasteiger partial charge is 0.298 e. The van der Waals surface area contributed by atoms with Gasteiger partial charge in [-0.3, -0.25) is 4.79 Å². The van der Waals surface area contributed by atoms with Gasteiger partial charge in [-0.25, -0.2) is 4.39 Å². The zero-order valence-electron chi connectivity index (χ0n) is 11.9. The highest BCUT2D eigenvalue weighted by Crippen LogP contribution is 2.30. The summed E-state index contributed by atoms with van der Waals surface area (Å²) in [5, 5.41) is 9.22. The Kier molecular flexibility index (Phi) is 5.76. The van der Waals surface area contributed by atoms with Gasteiger partial charge in [-0.1, -0.05) is 62.3 Å². The molecule has 1 fully saturated rings. The number of hydrogen-bond donors (Lipinski definition) is 0. The average molecular weight is 308 g/mol. The zero-order valence-corrected chi connectivity index (χ0v) is 12.7. The summed E-state index contributed by atoms with van der Waals surface area (Å²) < 4.78 is 14.0. The third kappa shape index (κ3) is 4.04. The maximum Gasteiger partial charge on any atom is 0.154 e. The van der Waals surface area contributed by atoms with Gasteiger partial charge in [-0.15, -0.1) is 0 Å². The molecule has 0 amide bonds. The Morgan fingerprint density at radius 2 is 2.00 bits per heavy atom. The monoisotopic (exact) mass is 307 g/mol. The number of carbonyl (C=O) groups excluding carboxylic acids is 1. The van der Waals surface area contributed by atoms with E-state index in [1.165, 1.54) is 25.0 Å². The van der Waals surface area contributed by atoms with E-state index in [1.807, 2.05) is 6.07 Å². The lowest BCUT2D eigenvalue weighted by atomic mass is 9.87. The van der Waals surface area contributed by atoms with E-state index in [2.05, 4.69) is 0 Å². The lowest BCUT2D eigenvalue weighted by molar-refractivity contribution is -0.120. The molecular weight excluding hydrogens is 289 g/mol. The van der Waals surface area contributed by atoms with Gasteiger partial charge in [-0.2, -0.15) is 5.26 Å². The van der Waals surface area contributed by atoms with Crippen LogP contribution in [-0.4, -0.2) is 5.78 Å². The zero-order chi connectivity index (χ0) is 15.2. The minimum Gasteiger partial charge on any atom is -0.298 e. The summed E-state index contributed by atoms with van der Waals surface area (Å²) in [6.45, 7) is 0. The normalized spacial score (nSPS) is 17.8. The summed E-state index contributed by atoms with van der Waals surface area (Å²) in [4.78, 5) is 12.4. The molecule has 0 aromatic heterocycles. The highest BCUT2D eigenvalue weighted by atomic mass is 35.5. The minimum atomic E-state index is -1.05. The van der Waals surface area contributed by atoms with Gasteiger partial charge in [-0.05, 0) is 12.0 Å². The number of Topliss-reactive ketones (excluding diaryl/α,β-unsaturated/α-hetero) is 1. The van der Waals surface area contributed by atoms with Crippen LogP contribution >= 0.6 is 11.6 Å². The van der Waals surface area contributed by atoms with E-state index in [4.69, 9.17) is 11.6 Å². The second kappa shape index (κ2) is 7.56. The number of carbonyl (C=O) groups is 1. The van der Waals surface area contributed by atoms with E-state index in [9.17, 15) is 14.4 Å². The average Bonchev–Trinajstić information content (AvgIpc) is 2.73. The van der Waals surface area contributed by atoms with Crippen LogP contribution in [0.3, 0.4) is 0 Å². The van der Waals surface area contributed by atoms with Crippen LogP contribution in [0.1, 0.15) is 56.4 Å². The van der Waals surface area contributed by atoms with Gasteiger partial charge in [0.05, 0.1) is 11.1 Å². The molecule has 1 saturated carbocycles. The molecule has 21 heavy (non-hydrogen) atoms. The molecule has 1 aromatic carbocycles. The van der Waals surface area contributed by atoms with Gasteiger partial charge in [0, 0.05) is 12.0 Å². The summed E-state index contributed by atoms with van der Waals surface area (Å²) >= 11 is 5.74. The molecule has 1 aliphatic rings. The summed E-state index contributed by atoms with van der Waals surface area (Å²) in [5.74, 6) is -1.56. The molecular formula is C17H19ClFNO. The van der Waals surface area contributed by atoms with E-state index in [1.54, 1.807) is 6.07 Å². The smallest absolute Gasteiger partial charge is 0.154 e. The van der Waals surface area contributed by atoms with Crippen LogP contribution in [0.2, 0.25) is 5.02 Å². The van der Waals surface area contributed by atoms with Crippen molar-refractivity contribution in [1.82, 2.24) is 0 Å². The predicted octanol–water partition coefficient (Wildman–Crippen LogP) is 5.02. The molecule has 0 aliphatic heterocycles. The van der Waals surface area contributed by atoms with Crippen LogP contribution in [-0.2, 0) is 4.79 Å². The molecule has 1 aliphatic carbocycles. The Hall–Kier alpha value is -1.40. The van der Waals surface area contributed by atoms with Gasteiger partial charge in [0.2, 0.25) is 0 Å². The molecule has 112 valence electrons. The first-order valence-corrected chi connectivity index (χ1v) is 7.87. The number of benzene rings is 1. The minimum absolute atomic E-state index is 0.0463. The SMILES string of the molecule is N#CC(C(=O)CC1CCCCCC1)c1cccc(Cl)c1F. The molecule has 1 atom stereocenters. The fourth-order valence-corrected chi connectivity index (χ4v) is 3.21. The third-order valence-electron chi connectivity index (χ3n) is 4.21. The van der Waals surface area contributed by atoms with E-state index < -0.39 is 11.7 Å². The fraction of sp³-hybridized carbons (Fsp3) is 0.529. The maximum absolute atomic E-state index is 14.0. The van der Waals surface area contributed by atoms with Crippen LogP contribution in [0.5, 0.6) is 0 Å². The Labute approximate surface area is 129 Å². The van der Waals surface area contributed by atoms with Crippen molar-refractivity contribution in [2.24, 2.45) is 5.92 Å². The van der Waals surface area contributed by atoms with Crippen LogP contribution in [0.4, 0.5) is 4.39 Å². The van der Waals surface area contributed by atoms with E-state index in [0.29, 0.717) is 12.3 Å². The molecule has 1 aromatic rings. The van der Waals surface area contributed by atoms with Crippen molar-refractivity contribution in [3.8, 4) is 6.07 Å².